The van der Waals surface area contributed by atoms with Crippen molar-refractivity contribution in [1.29, 1.82) is 0 Å². The molecule has 0 spiro atoms. The molecule has 2 N–H and O–H groups in total. The number of hydrogen-bond acceptors (Lipinski definition) is 5. The minimum absolute atomic E-state index is 0.212. The zero-order valence-corrected chi connectivity index (χ0v) is 12.6. The zero-order chi connectivity index (χ0) is 14.7. The Morgan fingerprint density at radius 2 is 2.05 bits per heavy atom. The van der Waals surface area contributed by atoms with E-state index in [1.165, 1.54) is 18.4 Å². The van der Waals surface area contributed by atoms with Gasteiger partial charge in [-0.25, -0.2) is 0 Å². The fraction of sp³-hybridized carbons (Fsp3) is 0.625. The first-order valence-electron chi connectivity index (χ1n) is 7.67. The monoisotopic (exact) mass is 292 g/mol. The second kappa shape index (κ2) is 6.64. The van der Waals surface area contributed by atoms with Crippen LogP contribution in [0.3, 0.4) is 0 Å². The largest absolute Gasteiger partial charge is 0.486 e. The van der Waals surface area contributed by atoms with Gasteiger partial charge in [0.05, 0.1) is 6.61 Å². The molecule has 0 amide bonds. The van der Waals surface area contributed by atoms with E-state index in [0.717, 1.165) is 24.7 Å². The quantitative estimate of drug-likeness (QED) is 0.826. The first-order valence-corrected chi connectivity index (χ1v) is 7.67. The van der Waals surface area contributed by atoms with Crippen LogP contribution < -0.4 is 15.2 Å². The average molecular weight is 292 g/mol. The molecule has 0 aromatic heterocycles. The van der Waals surface area contributed by atoms with E-state index in [9.17, 15) is 0 Å². The fourth-order valence-corrected chi connectivity index (χ4v) is 2.93. The predicted molar refractivity (Wildman–Crippen MR) is 80.8 cm³/mol. The van der Waals surface area contributed by atoms with E-state index >= 15 is 0 Å². The first-order chi connectivity index (χ1) is 10.3. The number of nitrogens with two attached hydrogens (primary N) is 1. The van der Waals surface area contributed by atoms with Gasteiger partial charge < -0.3 is 19.9 Å². The topological polar surface area (TPSA) is 57.0 Å². The molecule has 1 aromatic carbocycles. The van der Waals surface area contributed by atoms with E-state index in [4.69, 9.17) is 19.9 Å². The zero-order valence-electron chi connectivity index (χ0n) is 12.6. The second-order valence-electron chi connectivity index (χ2n) is 5.62. The maximum Gasteiger partial charge on any atom is 0.161 e. The highest BCUT2D eigenvalue weighted by molar-refractivity contribution is 5.44. The highest BCUT2D eigenvalue weighted by Gasteiger charge is 2.34. The van der Waals surface area contributed by atoms with Crippen molar-refractivity contribution in [3.05, 3.63) is 23.8 Å². The summed E-state index contributed by atoms with van der Waals surface area (Å²) in [4.78, 5) is 2.47. The summed E-state index contributed by atoms with van der Waals surface area (Å²) in [5.74, 6) is 1.66. The third-order valence-electron chi connectivity index (χ3n) is 4.14. The summed E-state index contributed by atoms with van der Waals surface area (Å²) < 4.78 is 16.5. The van der Waals surface area contributed by atoms with Crippen LogP contribution in [0.4, 0.5) is 0 Å². The molecule has 1 saturated carbocycles. The minimum atomic E-state index is 0.212. The molecule has 3 rings (SSSR count). The lowest BCUT2D eigenvalue weighted by Gasteiger charge is -2.32. The smallest absolute Gasteiger partial charge is 0.161 e. The molecular weight excluding hydrogens is 268 g/mol. The molecular formula is C16H24N2O3. The summed E-state index contributed by atoms with van der Waals surface area (Å²) in [7, 11) is 1.74. The minimum Gasteiger partial charge on any atom is -0.486 e. The highest BCUT2D eigenvalue weighted by Crippen LogP contribution is 2.37. The molecule has 5 heteroatoms. The van der Waals surface area contributed by atoms with Gasteiger partial charge in [-0.05, 0) is 30.5 Å². The van der Waals surface area contributed by atoms with Crippen LogP contribution in [0.2, 0.25) is 0 Å². The van der Waals surface area contributed by atoms with Crippen molar-refractivity contribution in [3.63, 3.8) is 0 Å². The number of rotatable bonds is 7. The third-order valence-corrected chi connectivity index (χ3v) is 4.14. The van der Waals surface area contributed by atoms with Gasteiger partial charge in [-0.3, -0.25) is 4.90 Å². The Morgan fingerprint density at radius 1 is 1.29 bits per heavy atom. The van der Waals surface area contributed by atoms with Gasteiger partial charge in [0, 0.05) is 32.3 Å². The van der Waals surface area contributed by atoms with Crippen molar-refractivity contribution < 1.29 is 14.2 Å². The molecule has 5 nitrogen and oxygen atoms in total. The van der Waals surface area contributed by atoms with Crippen LogP contribution in [0.1, 0.15) is 24.4 Å². The van der Waals surface area contributed by atoms with Gasteiger partial charge in [-0.2, -0.15) is 0 Å². The van der Waals surface area contributed by atoms with Crippen LogP contribution in [0.15, 0.2) is 18.2 Å². The van der Waals surface area contributed by atoms with E-state index in [2.05, 4.69) is 17.0 Å². The van der Waals surface area contributed by atoms with E-state index in [-0.39, 0.29) is 6.04 Å². The maximum absolute atomic E-state index is 6.06. The Balaban J connectivity index is 1.80. The number of hydrogen-bond donors (Lipinski definition) is 1. The van der Waals surface area contributed by atoms with Crippen LogP contribution >= 0.6 is 0 Å². The third kappa shape index (κ3) is 3.31. The Kier molecular flexibility index (Phi) is 4.63. The van der Waals surface area contributed by atoms with Crippen LogP contribution in [0, 0.1) is 0 Å². The molecule has 0 bridgehead atoms. The molecule has 1 atom stereocenters. The number of methoxy groups -OCH3 is 1. The van der Waals surface area contributed by atoms with Crippen molar-refractivity contribution >= 4 is 0 Å². The van der Waals surface area contributed by atoms with Crippen molar-refractivity contribution in [2.45, 2.75) is 24.9 Å². The molecule has 1 unspecified atom stereocenters. The number of nitrogens with zero attached hydrogens (tertiary/aromatic N) is 1. The Labute approximate surface area is 126 Å². The molecule has 1 aliphatic heterocycles. The van der Waals surface area contributed by atoms with Crippen LogP contribution in [-0.4, -0.2) is 51.0 Å². The van der Waals surface area contributed by atoms with Gasteiger partial charge >= 0.3 is 0 Å². The number of fused-ring (bicyclic) bond motifs is 1. The number of benzene rings is 1. The normalized spacial score (nSPS) is 18.8. The van der Waals surface area contributed by atoms with Gasteiger partial charge in [0.15, 0.2) is 11.5 Å². The van der Waals surface area contributed by atoms with Crippen molar-refractivity contribution in [2.75, 3.05) is 40.0 Å². The summed E-state index contributed by atoms with van der Waals surface area (Å²) >= 11 is 0. The first kappa shape index (κ1) is 14.6. The van der Waals surface area contributed by atoms with E-state index in [0.29, 0.717) is 25.8 Å². The summed E-state index contributed by atoms with van der Waals surface area (Å²) in [5.41, 5.74) is 7.26. The molecule has 21 heavy (non-hydrogen) atoms. The predicted octanol–water partition coefficient (Wildman–Crippen LogP) is 1.57. The molecule has 1 aliphatic carbocycles. The van der Waals surface area contributed by atoms with Crippen LogP contribution in [0.25, 0.3) is 0 Å². The maximum atomic E-state index is 6.06. The van der Waals surface area contributed by atoms with Gasteiger partial charge in [-0.15, -0.1) is 0 Å². The van der Waals surface area contributed by atoms with Gasteiger partial charge in [0.1, 0.15) is 13.2 Å². The molecule has 2 aliphatic rings. The van der Waals surface area contributed by atoms with Crippen LogP contribution in [0.5, 0.6) is 11.5 Å². The average Bonchev–Trinajstić information content (AvgIpc) is 3.36. The van der Waals surface area contributed by atoms with E-state index < -0.39 is 0 Å². The molecule has 1 heterocycles. The van der Waals surface area contributed by atoms with Gasteiger partial charge in [-0.1, -0.05) is 6.07 Å². The van der Waals surface area contributed by atoms with Crippen molar-refractivity contribution in [2.24, 2.45) is 5.73 Å². The summed E-state index contributed by atoms with van der Waals surface area (Å²) in [5, 5.41) is 0. The van der Waals surface area contributed by atoms with Crippen LogP contribution in [-0.2, 0) is 4.74 Å². The second-order valence-corrected chi connectivity index (χ2v) is 5.62. The molecule has 116 valence electrons. The Morgan fingerprint density at radius 3 is 2.71 bits per heavy atom. The Hall–Kier alpha value is -1.30. The standard InChI is InChI=1S/C16H24N2O3/c1-19-7-6-18(13-3-4-13)14(11-17)12-2-5-15-16(10-12)21-9-8-20-15/h2,5,10,13-14H,3-4,6-9,11,17H2,1H3. The lowest BCUT2D eigenvalue weighted by molar-refractivity contribution is 0.115. The summed E-state index contributed by atoms with van der Waals surface area (Å²) in [6.07, 6.45) is 2.51. The van der Waals surface area contributed by atoms with Crippen molar-refractivity contribution in [1.82, 2.24) is 4.90 Å². The molecule has 0 radical (unpaired) electrons. The highest BCUT2D eigenvalue weighted by atomic mass is 16.6. The van der Waals surface area contributed by atoms with Gasteiger partial charge in [0.2, 0.25) is 0 Å². The summed E-state index contributed by atoms with van der Waals surface area (Å²) in [6.45, 7) is 3.48. The molecule has 1 fully saturated rings. The number of ether oxygens (including phenoxy) is 3. The molecule has 1 aromatic rings. The lowest BCUT2D eigenvalue weighted by atomic mass is 10.0. The summed E-state index contributed by atoms with van der Waals surface area (Å²) in [6, 6.07) is 7.03. The molecule has 0 saturated heterocycles. The van der Waals surface area contributed by atoms with E-state index in [1.54, 1.807) is 7.11 Å². The SMILES string of the molecule is COCCN(C1CC1)C(CN)c1ccc2c(c1)OCCO2. The van der Waals surface area contributed by atoms with Crippen molar-refractivity contribution in [3.8, 4) is 11.5 Å². The lowest BCUT2D eigenvalue weighted by Crippen LogP contribution is -2.37. The van der Waals surface area contributed by atoms with E-state index in [1.807, 2.05) is 6.07 Å². The fourth-order valence-electron chi connectivity index (χ4n) is 2.93. The Bertz CT molecular complexity index is 477. The van der Waals surface area contributed by atoms with Gasteiger partial charge in [0.25, 0.3) is 0 Å².